The Hall–Kier alpha value is -4.31. The maximum Gasteiger partial charge on any atom is 0.338 e. The molecule has 0 fully saturated rings. The second-order valence-electron chi connectivity index (χ2n) is 7.51. The van der Waals surface area contributed by atoms with Gasteiger partial charge >= 0.3 is 5.97 Å². The lowest BCUT2D eigenvalue weighted by atomic mass is 9.83. The van der Waals surface area contributed by atoms with E-state index in [1.807, 2.05) is 0 Å². The van der Waals surface area contributed by atoms with Crippen molar-refractivity contribution in [2.75, 3.05) is 22.9 Å². The summed E-state index contributed by atoms with van der Waals surface area (Å²) in [5.74, 6) is -2.28. The van der Waals surface area contributed by atoms with Crippen molar-refractivity contribution < 1.29 is 32.3 Å². The van der Waals surface area contributed by atoms with Gasteiger partial charge in [-0.05, 0) is 24.3 Å². The van der Waals surface area contributed by atoms with Gasteiger partial charge in [0.25, 0.3) is 5.91 Å². The van der Waals surface area contributed by atoms with Crippen LogP contribution in [0.15, 0.2) is 66.7 Å². The number of fused-ring (bicyclic) bond motifs is 2. The molecule has 1 aliphatic carbocycles. The van der Waals surface area contributed by atoms with Crippen LogP contribution in [0.5, 0.6) is 0 Å². The minimum atomic E-state index is -3.53. The van der Waals surface area contributed by atoms with Crippen LogP contribution in [0.4, 0.5) is 11.4 Å². The first kappa shape index (κ1) is 22.9. The Kier molecular flexibility index (Phi) is 5.99. The molecule has 4 rings (SSSR count). The standard InChI is InChI=1S/C24H18N2O7S/c1-34(31,32)26-15-7-4-6-14(12-15)24(30)33-13-20(27)25-19-11-5-10-18-21(19)23(29)17-9-3-2-8-16(17)22(18)28/h2-12,26H,13H2,1H3,(H,25,27). The van der Waals surface area contributed by atoms with E-state index in [1.165, 1.54) is 36.4 Å². The van der Waals surface area contributed by atoms with E-state index in [9.17, 15) is 27.6 Å². The number of rotatable bonds is 6. The molecule has 0 aliphatic heterocycles. The van der Waals surface area contributed by atoms with Crippen molar-refractivity contribution in [3.05, 3.63) is 94.5 Å². The molecule has 0 saturated heterocycles. The molecule has 0 bridgehead atoms. The average Bonchev–Trinajstić information content (AvgIpc) is 2.80. The third-order valence-electron chi connectivity index (χ3n) is 4.96. The van der Waals surface area contributed by atoms with Crippen LogP contribution >= 0.6 is 0 Å². The molecule has 34 heavy (non-hydrogen) atoms. The minimum absolute atomic E-state index is 0.0379. The van der Waals surface area contributed by atoms with E-state index in [-0.39, 0.29) is 39.4 Å². The number of hydrogen-bond donors (Lipinski definition) is 2. The zero-order valence-corrected chi connectivity index (χ0v) is 18.6. The normalized spacial score (nSPS) is 12.4. The van der Waals surface area contributed by atoms with Crippen molar-refractivity contribution in [1.29, 1.82) is 0 Å². The van der Waals surface area contributed by atoms with Crippen molar-refractivity contribution in [1.82, 2.24) is 0 Å². The molecular weight excluding hydrogens is 460 g/mol. The van der Waals surface area contributed by atoms with Gasteiger partial charge in [-0.1, -0.05) is 42.5 Å². The minimum Gasteiger partial charge on any atom is -0.452 e. The predicted molar refractivity (Wildman–Crippen MR) is 124 cm³/mol. The SMILES string of the molecule is CS(=O)(=O)Nc1cccc(C(=O)OCC(=O)Nc2cccc3c2C(=O)c2ccccc2C3=O)c1. The number of anilines is 2. The molecule has 0 unspecified atom stereocenters. The summed E-state index contributed by atoms with van der Waals surface area (Å²) >= 11 is 0. The third kappa shape index (κ3) is 4.71. The Balaban J connectivity index is 1.47. The molecule has 1 amide bonds. The Morgan fingerprint density at radius 2 is 1.50 bits per heavy atom. The van der Waals surface area contributed by atoms with Crippen molar-refractivity contribution in [3.63, 3.8) is 0 Å². The van der Waals surface area contributed by atoms with E-state index in [4.69, 9.17) is 4.74 Å². The number of esters is 1. The van der Waals surface area contributed by atoms with Crippen LogP contribution in [0.1, 0.15) is 42.2 Å². The first-order chi connectivity index (χ1) is 16.1. The smallest absolute Gasteiger partial charge is 0.338 e. The number of nitrogens with one attached hydrogen (secondary N) is 2. The van der Waals surface area contributed by atoms with Crippen LogP contribution in [0.3, 0.4) is 0 Å². The van der Waals surface area contributed by atoms with E-state index in [1.54, 1.807) is 30.3 Å². The van der Waals surface area contributed by atoms with Crippen LogP contribution < -0.4 is 10.0 Å². The zero-order valence-electron chi connectivity index (χ0n) is 17.8. The number of carbonyl (C=O) groups excluding carboxylic acids is 4. The number of hydrogen-bond acceptors (Lipinski definition) is 7. The van der Waals surface area contributed by atoms with E-state index >= 15 is 0 Å². The predicted octanol–water partition coefficient (Wildman–Crippen LogP) is 2.63. The summed E-state index contributed by atoms with van der Waals surface area (Å²) in [6, 6.07) is 16.6. The van der Waals surface area contributed by atoms with E-state index in [0.29, 0.717) is 5.56 Å². The van der Waals surface area contributed by atoms with Crippen LogP contribution in [-0.4, -0.2) is 44.7 Å². The highest BCUT2D eigenvalue weighted by atomic mass is 32.2. The van der Waals surface area contributed by atoms with Gasteiger partial charge in [-0.25, -0.2) is 13.2 Å². The van der Waals surface area contributed by atoms with Crippen LogP contribution in [0.25, 0.3) is 0 Å². The fourth-order valence-corrected chi connectivity index (χ4v) is 4.13. The van der Waals surface area contributed by atoms with E-state index in [2.05, 4.69) is 10.0 Å². The van der Waals surface area contributed by atoms with E-state index < -0.39 is 34.3 Å². The molecular formula is C24H18N2O7S. The molecule has 0 saturated carbocycles. The van der Waals surface area contributed by atoms with Gasteiger partial charge < -0.3 is 10.1 Å². The molecule has 2 N–H and O–H groups in total. The van der Waals surface area contributed by atoms with Crippen LogP contribution in [-0.2, 0) is 19.6 Å². The molecule has 172 valence electrons. The van der Waals surface area contributed by atoms with Crippen molar-refractivity contribution in [3.8, 4) is 0 Å². The van der Waals surface area contributed by atoms with Crippen molar-refractivity contribution >= 4 is 44.8 Å². The maximum absolute atomic E-state index is 13.0. The summed E-state index contributed by atoms with van der Waals surface area (Å²) in [7, 11) is -3.53. The summed E-state index contributed by atoms with van der Waals surface area (Å²) in [5, 5.41) is 2.52. The highest BCUT2D eigenvalue weighted by molar-refractivity contribution is 7.92. The van der Waals surface area contributed by atoms with E-state index in [0.717, 1.165) is 6.26 Å². The molecule has 10 heteroatoms. The summed E-state index contributed by atoms with van der Waals surface area (Å²) in [4.78, 5) is 50.6. The number of carbonyl (C=O) groups is 4. The summed E-state index contributed by atoms with van der Waals surface area (Å²) in [5.41, 5.74) is 1.13. The second-order valence-corrected chi connectivity index (χ2v) is 9.26. The summed E-state index contributed by atoms with van der Waals surface area (Å²) in [6.45, 7) is -0.662. The first-order valence-corrected chi connectivity index (χ1v) is 11.9. The van der Waals surface area contributed by atoms with Gasteiger partial charge in [-0.15, -0.1) is 0 Å². The monoisotopic (exact) mass is 478 g/mol. The van der Waals surface area contributed by atoms with Gasteiger partial charge in [-0.3, -0.25) is 19.1 Å². The number of sulfonamides is 1. The second kappa shape index (κ2) is 8.91. The molecule has 0 aromatic heterocycles. The molecule has 0 heterocycles. The van der Waals surface area contributed by atoms with Gasteiger partial charge in [0.15, 0.2) is 18.2 Å². The lowest BCUT2D eigenvalue weighted by Crippen LogP contribution is -2.26. The molecule has 1 aliphatic rings. The Bertz CT molecular complexity index is 1460. The maximum atomic E-state index is 13.0. The quantitative estimate of drug-likeness (QED) is 0.407. The molecule has 9 nitrogen and oxygen atoms in total. The first-order valence-electron chi connectivity index (χ1n) is 10.0. The van der Waals surface area contributed by atoms with Gasteiger partial charge in [0.2, 0.25) is 10.0 Å². The van der Waals surface area contributed by atoms with Gasteiger partial charge in [0.05, 0.1) is 23.1 Å². The van der Waals surface area contributed by atoms with Gasteiger partial charge in [0.1, 0.15) is 0 Å². The Morgan fingerprint density at radius 3 is 2.21 bits per heavy atom. The van der Waals surface area contributed by atoms with Gasteiger partial charge in [-0.2, -0.15) is 0 Å². The highest BCUT2D eigenvalue weighted by Gasteiger charge is 2.31. The average molecular weight is 478 g/mol. The van der Waals surface area contributed by atoms with Crippen molar-refractivity contribution in [2.24, 2.45) is 0 Å². The molecule has 0 spiro atoms. The van der Waals surface area contributed by atoms with Gasteiger partial charge in [0, 0.05) is 22.4 Å². The number of ketones is 2. The number of ether oxygens (including phenoxy) is 1. The Labute approximate surface area is 194 Å². The fraction of sp³-hybridized carbons (Fsp3) is 0.0833. The molecule has 0 atom stereocenters. The van der Waals surface area contributed by atoms with Crippen molar-refractivity contribution in [2.45, 2.75) is 0 Å². The number of benzene rings is 3. The summed E-state index contributed by atoms with van der Waals surface area (Å²) in [6.07, 6.45) is 0.974. The highest BCUT2D eigenvalue weighted by Crippen LogP contribution is 2.31. The Morgan fingerprint density at radius 1 is 0.853 bits per heavy atom. The van der Waals surface area contributed by atoms with Crippen LogP contribution in [0.2, 0.25) is 0 Å². The van der Waals surface area contributed by atoms with Crippen LogP contribution in [0, 0.1) is 0 Å². The third-order valence-corrected chi connectivity index (χ3v) is 5.57. The topological polar surface area (TPSA) is 136 Å². The largest absolute Gasteiger partial charge is 0.452 e. The lowest BCUT2D eigenvalue weighted by molar-refractivity contribution is -0.119. The molecule has 3 aromatic carbocycles. The summed E-state index contributed by atoms with van der Waals surface area (Å²) < 4.78 is 30.0. The molecule has 3 aromatic rings. The fourth-order valence-electron chi connectivity index (χ4n) is 3.57. The number of amides is 1. The zero-order chi connectivity index (χ0) is 24.5. The molecule has 0 radical (unpaired) electrons. The lowest BCUT2D eigenvalue weighted by Gasteiger charge is -2.20.